The minimum absolute atomic E-state index is 0.274. The first-order valence-electron chi connectivity index (χ1n) is 11.9. The van der Waals surface area contributed by atoms with Crippen LogP contribution in [-0.2, 0) is 25.5 Å². The van der Waals surface area contributed by atoms with E-state index in [-0.39, 0.29) is 19.1 Å². The molecule has 184 valence electrons. The number of aliphatic hydroxyl groups excluding tert-OH is 1. The second-order valence-electron chi connectivity index (χ2n) is 10.6. The standard InChI is InChI=1S/C26H34N2O6/c1-5-13-27(25(2,3)4)23(31)21-26-12-11-18(34-26)19(24(32)33)20(26)22(30)28(21)17(15-29)14-16-9-7-6-8-10-16/h5-10,17-21,29H,1,11-15H2,2-4H3,(H,32,33)/t17-,18+,19-,20-,21+,26-/m1/s1. The second kappa shape index (κ2) is 8.82. The number of carbonyl (C=O) groups excluding carboxylic acids is 2. The molecule has 0 aromatic heterocycles. The van der Waals surface area contributed by atoms with E-state index in [2.05, 4.69) is 6.58 Å². The minimum atomic E-state index is -1.21. The lowest BCUT2D eigenvalue weighted by molar-refractivity contribution is -0.155. The maximum absolute atomic E-state index is 14.2. The molecule has 3 aliphatic rings. The van der Waals surface area contributed by atoms with Gasteiger partial charge in [-0.2, -0.15) is 0 Å². The summed E-state index contributed by atoms with van der Waals surface area (Å²) < 4.78 is 6.28. The van der Waals surface area contributed by atoms with Crippen molar-refractivity contribution in [2.75, 3.05) is 13.2 Å². The number of rotatable bonds is 8. The molecule has 1 aromatic rings. The van der Waals surface area contributed by atoms with Gasteiger partial charge in [0.2, 0.25) is 11.8 Å². The highest BCUT2D eigenvalue weighted by Gasteiger charge is 2.75. The number of nitrogens with zero attached hydrogens (tertiary/aromatic N) is 2. The molecule has 0 unspecified atom stereocenters. The molecule has 0 aliphatic carbocycles. The van der Waals surface area contributed by atoms with Crippen LogP contribution in [0.5, 0.6) is 0 Å². The molecule has 3 saturated heterocycles. The predicted molar refractivity (Wildman–Crippen MR) is 125 cm³/mol. The van der Waals surface area contributed by atoms with Crippen LogP contribution in [0.25, 0.3) is 0 Å². The number of ether oxygens (including phenoxy) is 1. The number of hydrogen-bond acceptors (Lipinski definition) is 5. The van der Waals surface area contributed by atoms with Gasteiger partial charge < -0.3 is 24.7 Å². The summed E-state index contributed by atoms with van der Waals surface area (Å²) in [6.07, 6.45) is 2.30. The van der Waals surface area contributed by atoms with Crippen LogP contribution < -0.4 is 0 Å². The Kier molecular flexibility index (Phi) is 6.33. The summed E-state index contributed by atoms with van der Waals surface area (Å²) in [4.78, 5) is 43.4. The number of aliphatic hydroxyl groups is 1. The maximum Gasteiger partial charge on any atom is 0.310 e. The van der Waals surface area contributed by atoms with Crippen LogP contribution in [0.3, 0.4) is 0 Å². The van der Waals surface area contributed by atoms with Gasteiger partial charge in [-0.15, -0.1) is 6.58 Å². The summed E-state index contributed by atoms with van der Waals surface area (Å²) in [6.45, 7) is 9.43. The largest absolute Gasteiger partial charge is 0.481 e. The normalized spacial score (nSPS) is 30.8. The molecule has 34 heavy (non-hydrogen) atoms. The van der Waals surface area contributed by atoms with E-state index in [1.54, 1.807) is 11.0 Å². The lowest BCUT2D eigenvalue weighted by Crippen LogP contribution is -2.61. The smallest absolute Gasteiger partial charge is 0.310 e. The van der Waals surface area contributed by atoms with E-state index in [9.17, 15) is 24.6 Å². The van der Waals surface area contributed by atoms with Crippen molar-refractivity contribution in [3.05, 3.63) is 48.6 Å². The Morgan fingerprint density at radius 2 is 2.00 bits per heavy atom. The highest BCUT2D eigenvalue weighted by molar-refractivity contribution is 5.98. The summed E-state index contributed by atoms with van der Waals surface area (Å²) in [5.74, 6) is -3.76. The third-order valence-corrected chi connectivity index (χ3v) is 7.56. The Bertz CT molecular complexity index is 973. The lowest BCUT2D eigenvalue weighted by Gasteiger charge is -2.43. The zero-order valence-corrected chi connectivity index (χ0v) is 20.0. The van der Waals surface area contributed by atoms with Gasteiger partial charge in [0.15, 0.2) is 0 Å². The van der Waals surface area contributed by atoms with Gasteiger partial charge in [-0.05, 0) is 45.6 Å². The first kappa shape index (κ1) is 24.4. The van der Waals surface area contributed by atoms with Gasteiger partial charge in [-0.3, -0.25) is 14.4 Å². The highest BCUT2D eigenvalue weighted by atomic mass is 16.5. The molecular weight excluding hydrogens is 436 g/mol. The van der Waals surface area contributed by atoms with Crippen molar-refractivity contribution in [3.63, 3.8) is 0 Å². The number of carboxylic acids is 1. The van der Waals surface area contributed by atoms with Crippen LogP contribution in [0.4, 0.5) is 0 Å². The summed E-state index contributed by atoms with van der Waals surface area (Å²) >= 11 is 0. The van der Waals surface area contributed by atoms with Crippen molar-refractivity contribution < 1.29 is 29.3 Å². The van der Waals surface area contributed by atoms with Crippen molar-refractivity contribution in [3.8, 4) is 0 Å². The van der Waals surface area contributed by atoms with Crippen molar-refractivity contribution in [1.29, 1.82) is 0 Å². The molecule has 2 N–H and O–H groups in total. The van der Waals surface area contributed by atoms with Crippen molar-refractivity contribution >= 4 is 17.8 Å². The van der Waals surface area contributed by atoms with Crippen LogP contribution in [0.1, 0.15) is 39.2 Å². The molecule has 1 aromatic carbocycles. The number of fused-ring (bicyclic) bond motifs is 1. The zero-order valence-electron chi connectivity index (χ0n) is 20.0. The number of hydrogen-bond donors (Lipinski definition) is 2. The number of carboxylic acid groups (broad SMARTS) is 1. The van der Waals surface area contributed by atoms with E-state index in [1.165, 1.54) is 4.90 Å². The number of carbonyl (C=O) groups is 3. The van der Waals surface area contributed by atoms with Crippen LogP contribution in [0.15, 0.2) is 43.0 Å². The van der Waals surface area contributed by atoms with Crippen LogP contribution in [-0.4, -0.2) is 80.3 Å². The van der Waals surface area contributed by atoms with E-state index < -0.39 is 53.0 Å². The van der Waals surface area contributed by atoms with Gasteiger partial charge in [0, 0.05) is 12.1 Å². The van der Waals surface area contributed by atoms with E-state index in [1.807, 2.05) is 51.1 Å². The van der Waals surface area contributed by atoms with Crippen LogP contribution in [0, 0.1) is 11.8 Å². The quantitative estimate of drug-likeness (QED) is 0.562. The first-order chi connectivity index (χ1) is 16.1. The predicted octanol–water partition coefficient (Wildman–Crippen LogP) is 1.86. The second-order valence-corrected chi connectivity index (χ2v) is 10.6. The molecule has 6 atom stereocenters. The summed E-state index contributed by atoms with van der Waals surface area (Å²) in [5, 5.41) is 20.3. The lowest BCUT2D eigenvalue weighted by atomic mass is 9.70. The molecule has 1 spiro atoms. The van der Waals surface area contributed by atoms with E-state index in [0.717, 1.165) is 5.56 Å². The Morgan fingerprint density at radius 1 is 1.32 bits per heavy atom. The molecule has 3 aliphatic heterocycles. The molecular formula is C26H34N2O6. The Balaban J connectivity index is 1.81. The fourth-order valence-electron chi connectivity index (χ4n) is 6.15. The average Bonchev–Trinajstić information content (AvgIpc) is 3.42. The zero-order chi connectivity index (χ0) is 24.8. The monoisotopic (exact) mass is 470 g/mol. The van der Waals surface area contributed by atoms with E-state index in [0.29, 0.717) is 19.3 Å². The van der Waals surface area contributed by atoms with Gasteiger partial charge in [0.05, 0.1) is 30.6 Å². The van der Waals surface area contributed by atoms with Gasteiger partial charge >= 0.3 is 5.97 Å². The van der Waals surface area contributed by atoms with Crippen LogP contribution >= 0.6 is 0 Å². The highest BCUT2D eigenvalue weighted by Crippen LogP contribution is 2.59. The molecule has 8 heteroatoms. The number of benzene rings is 1. The minimum Gasteiger partial charge on any atom is -0.481 e. The SMILES string of the molecule is C=CCN(C(=O)[C@@H]1N([C@@H](CO)Cc2ccccc2)C(=O)[C@H]2[C@H](C(=O)O)[C@@H]3CC[C@]12O3)C(C)(C)C. The Labute approximate surface area is 200 Å². The molecule has 4 rings (SSSR count). The Morgan fingerprint density at radius 3 is 2.56 bits per heavy atom. The number of aliphatic carboxylic acids is 1. The molecule has 0 saturated carbocycles. The van der Waals surface area contributed by atoms with Gasteiger partial charge in [-0.25, -0.2) is 0 Å². The molecule has 3 heterocycles. The average molecular weight is 471 g/mol. The van der Waals surface area contributed by atoms with E-state index in [4.69, 9.17) is 4.74 Å². The number of amides is 2. The van der Waals surface area contributed by atoms with Crippen molar-refractivity contribution in [1.82, 2.24) is 9.80 Å². The van der Waals surface area contributed by atoms with Crippen LogP contribution in [0.2, 0.25) is 0 Å². The molecule has 3 fully saturated rings. The molecule has 2 amide bonds. The maximum atomic E-state index is 14.2. The molecule has 0 radical (unpaired) electrons. The van der Waals surface area contributed by atoms with E-state index >= 15 is 0 Å². The summed E-state index contributed by atoms with van der Waals surface area (Å²) in [5.41, 5.74) is -0.864. The van der Waals surface area contributed by atoms with Gasteiger partial charge in [0.25, 0.3) is 0 Å². The van der Waals surface area contributed by atoms with Gasteiger partial charge in [0.1, 0.15) is 11.6 Å². The van der Waals surface area contributed by atoms with Crippen molar-refractivity contribution in [2.24, 2.45) is 11.8 Å². The third kappa shape index (κ3) is 3.73. The molecule has 8 nitrogen and oxygen atoms in total. The first-order valence-corrected chi connectivity index (χ1v) is 11.9. The van der Waals surface area contributed by atoms with Crippen molar-refractivity contribution in [2.45, 2.75) is 69.4 Å². The number of likely N-dealkylation sites (tertiary alicyclic amines) is 1. The fourth-order valence-corrected chi connectivity index (χ4v) is 6.15. The summed E-state index contributed by atoms with van der Waals surface area (Å²) in [7, 11) is 0. The topological polar surface area (TPSA) is 107 Å². The third-order valence-electron chi connectivity index (χ3n) is 7.56. The fraction of sp³-hybridized carbons (Fsp3) is 0.577. The summed E-state index contributed by atoms with van der Waals surface area (Å²) in [6, 6.07) is 7.74. The molecule has 2 bridgehead atoms. The van der Waals surface area contributed by atoms with Gasteiger partial charge in [-0.1, -0.05) is 36.4 Å². The Hall–Kier alpha value is -2.71.